The van der Waals surface area contributed by atoms with Gasteiger partial charge in [0, 0.05) is 6.04 Å². The zero-order chi connectivity index (χ0) is 12.4. The van der Waals surface area contributed by atoms with E-state index in [9.17, 15) is 4.39 Å². The molecule has 1 aliphatic rings. The molecule has 1 aliphatic carbocycles. The highest BCUT2D eigenvalue weighted by molar-refractivity contribution is 9.10. The van der Waals surface area contributed by atoms with Crippen molar-refractivity contribution in [3.8, 4) is 0 Å². The van der Waals surface area contributed by atoms with Gasteiger partial charge < -0.3 is 5.32 Å². The van der Waals surface area contributed by atoms with Gasteiger partial charge in [0.25, 0.3) is 0 Å². The topological polar surface area (TPSA) is 12.0 Å². The van der Waals surface area contributed by atoms with Crippen LogP contribution in [0.5, 0.6) is 0 Å². The van der Waals surface area contributed by atoms with Gasteiger partial charge in [0.2, 0.25) is 0 Å². The maximum absolute atomic E-state index is 13.1. The van der Waals surface area contributed by atoms with E-state index >= 15 is 0 Å². The summed E-state index contributed by atoms with van der Waals surface area (Å²) in [6.07, 6.45) is 3.57. The van der Waals surface area contributed by atoms with Crippen LogP contribution in [0.2, 0.25) is 0 Å². The first-order valence-electron chi connectivity index (χ1n) is 6.23. The zero-order valence-corrected chi connectivity index (χ0v) is 11.9. The summed E-state index contributed by atoms with van der Waals surface area (Å²) in [6.45, 7) is 2.32. The second-order valence-corrected chi connectivity index (χ2v) is 5.90. The molecule has 1 aromatic rings. The predicted molar refractivity (Wildman–Crippen MR) is 72.5 cm³/mol. The minimum absolute atomic E-state index is 0.179. The van der Waals surface area contributed by atoms with Gasteiger partial charge in [-0.15, -0.1) is 0 Å². The zero-order valence-electron chi connectivity index (χ0n) is 10.3. The molecule has 1 nitrogen and oxygen atoms in total. The van der Waals surface area contributed by atoms with Crippen LogP contribution in [0.4, 0.5) is 4.39 Å². The van der Waals surface area contributed by atoms with Crippen molar-refractivity contribution in [1.82, 2.24) is 5.32 Å². The van der Waals surface area contributed by atoms with E-state index in [2.05, 4.69) is 28.2 Å². The van der Waals surface area contributed by atoms with Crippen molar-refractivity contribution in [2.24, 2.45) is 11.8 Å². The Labute approximate surface area is 111 Å². The van der Waals surface area contributed by atoms with Crippen molar-refractivity contribution < 1.29 is 4.39 Å². The average Bonchev–Trinajstić information content (AvgIpc) is 2.65. The SMILES string of the molecule is CNC1CCC(Cc2ccc(F)c(Br)c2)C1C. The molecule has 0 heterocycles. The lowest BCUT2D eigenvalue weighted by Gasteiger charge is -2.20. The highest BCUT2D eigenvalue weighted by atomic mass is 79.9. The van der Waals surface area contributed by atoms with E-state index in [1.807, 2.05) is 19.2 Å². The second-order valence-electron chi connectivity index (χ2n) is 5.04. The molecule has 0 bridgehead atoms. The summed E-state index contributed by atoms with van der Waals surface area (Å²) in [5.74, 6) is 1.23. The molecule has 1 fully saturated rings. The van der Waals surface area contributed by atoms with Gasteiger partial charge in [-0.1, -0.05) is 13.0 Å². The summed E-state index contributed by atoms with van der Waals surface area (Å²) in [5, 5.41) is 3.38. The van der Waals surface area contributed by atoms with E-state index in [0.29, 0.717) is 22.4 Å². The van der Waals surface area contributed by atoms with Crippen LogP contribution in [0.25, 0.3) is 0 Å². The van der Waals surface area contributed by atoms with E-state index in [4.69, 9.17) is 0 Å². The summed E-state index contributed by atoms with van der Waals surface area (Å²) >= 11 is 3.25. The maximum atomic E-state index is 13.1. The maximum Gasteiger partial charge on any atom is 0.137 e. The number of hydrogen-bond donors (Lipinski definition) is 1. The summed E-state index contributed by atoms with van der Waals surface area (Å²) in [5.41, 5.74) is 1.23. The fourth-order valence-corrected chi connectivity index (χ4v) is 3.34. The Bertz CT molecular complexity index is 394. The van der Waals surface area contributed by atoms with Crippen molar-refractivity contribution in [2.45, 2.75) is 32.2 Å². The lowest BCUT2D eigenvalue weighted by molar-refractivity contribution is 0.364. The van der Waals surface area contributed by atoms with Crippen LogP contribution < -0.4 is 5.32 Å². The number of benzene rings is 1. The van der Waals surface area contributed by atoms with Crippen molar-refractivity contribution in [3.63, 3.8) is 0 Å². The Balaban J connectivity index is 2.04. The average molecular weight is 300 g/mol. The van der Waals surface area contributed by atoms with E-state index in [1.54, 1.807) is 6.07 Å². The van der Waals surface area contributed by atoms with Crippen LogP contribution in [0.15, 0.2) is 22.7 Å². The van der Waals surface area contributed by atoms with Gasteiger partial charge in [0.05, 0.1) is 4.47 Å². The monoisotopic (exact) mass is 299 g/mol. The largest absolute Gasteiger partial charge is 0.317 e. The Morgan fingerprint density at radius 2 is 2.18 bits per heavy atom. The van der Waals surface area contributed by atoms with Gasteiger partial charge >= 0.3 is 0 Å². The van der Waals surface area contributed by atoms with Crippen LogP contribution in [-0.4, -0.2) is 13.1 Å². The van der Waals surface area contributed by atoms with Gasteiger partial charge in [-0.25, -0.2) is 4.39 Å². The van der Waals surface area contributed by atoms with E-state index < -0.39 is 0 Å². The molecule has 1 aromatic carbocycles. The Morgan fingerprint density at radius 3 is 2.76 bits per heavy atom. The highest BCUT2D eigenvalue weighted by Crippen LogP contribution is 2.34. The van der Waals surface area contributed by atoms with E-state index in [0.717, 1.165) is 6.42 Å². The van der Waals surface area contributed by atoms with Crippen LogP contribution in [-0.2, 0) is 6.42 Å². The number of halogens is 2. The molecule has 1 saturated carbocycles. The molecule has 94 valence electrons. The molecule has 0 radical (unpaired) electrons. The highest BCUT2D eigenvalue weighted by Gasteiger charge is 2.31. The second kappa shape index (κ2) is 5.49. The smallest absolute Gasteiger partial charge is 0.137 e. The quantitative estimate of drug-likeness (QED) is 0.896. The van der Waals surface area contributed by atoms with Gasteiger partial charge in [-0.3, -0.25) is 0 Å². The van der Waals surface area contributed by atoms with Gasteiger partial charge in [0.15, 0.2) is 0 Å². The predicted octanol–water partition coefficient (Wildman–Crippen LogP) is 3.76. The van der Waals surface area contributed by atoms with Crippen molar-refractivity contribution in [3.05, 3.63) is 34.1 Å². The Kier molecular flexibility index (Phi) is 4.21. The Morgan fingerprint density at radius 1 is 1.41 bits per heavy atom. The van der Waals surface area contributed by atoms with Gasteiger partial charge in [-0.05, 0) is 71.8 Å². The van der Waals surface area contributed by atoms with Gasteiger partial charge in [0.1, 0.15) is 5.82 Å². The van der Waals surface area contributed by atoms with E-state index in [-0.39, 0.29) is 5.82 Å². The van der Waals surface area contributed by atoms with E-state index in [1.165, 1.54) is 18.4 Å². The molecule has 3 unspecified atom stereocenters. The number of hydrogen-bond acceptors (Lipinski definition) is 1. The third-order valence-corrected chi connectivity index (χ3v) is 4.69. The summed E-state index contributed by atoms with van der Waals surface area (Å²) in [7, 11) is 2.04. The fraction of sp³-hybridized carbons (Fsp3) is 0.571. The molecular weight excluding hydrogens is 281 g/mol. The number of nitrogens with one attached hydrogen (secondary N) is 1. The molecule has 0 aromatic heterocycles. The molecule has 0 saturated heterocycles. The normalized spacial score (nSPS) is 28.6. The van der Waals surface area contributed by atoms with Crippen molar-refractivity contribution in [2.75, 3.05) is 7.05 Å². The summed E-state index contributed by atoms with van der Waals surface area (Å²) in [4.78, 5) is 0. The van der Waals surface area contributed by atoms with Crippen molar-refractivity contribution >= 4 is 15.9 Å². The van der Waals surface area contributed by atoms with Gasteiger partial charge in [-0.2, -0.15) is 0 Å². The third-order valence-electron chi connectivity index (χ3n) is 4.08. The van der Waals surface area contributed by atoms with Crippen LogP contribution in [0.3, 0.4) is 0 Å². The number of rotatable bonds is 3. The molecule has 2 rings (SSSR count). The molecule has 3 heteroatoms. The first-order chi connectivity index (χ1) is 8.11. The molecule has 1 N–H and O–H groups in total. The van der Waals surface area contributed by atoms with Crippen LogP contribution in [0.1, 0.15) is 25.3 Å². The Hall–Kier alpha value is -0.410. The third kappa shape index (κ3) is 2.89. The summed E-state index contributed by atoms with van der Waals surface area (Å²) < 4.78 is 13.7. The first-order valence-corrected chi connectivity index (χ1v) is 7.02. The first kappa shape index (κ1) is 13.0. The molecule has 0 aliphatic heterocycles. The molecule has 3 atom stereocenters. The fourth-order valence-electron chi connectivity index (χ4n) is 2.91. The minimum atomic E-state index is -0.179. The van der Waals surface area contributed by atoms with Crippen molar-refractivity contribution in [1.29, 1.82) is 0 Å². The standard InChI is InChI=1S/C14H19BrFN/c1-9-11(4-6-14(9)17-2)7-10-3-5-13(16)12(15)8-10/h3,5,8-9,11,14,17H,4,6-7H2,1-2H3. The summed E-state index contributed by atoms with van der Waals surface area (Å²) in [6, 6.07) is 6.01. The minimum Gasteiger partial charge on any atom is -0.317 e. The molecule has 0 spiro atoms. The van der Waals surface area contributed by atoms with Crippen LogP contribution >= 0.6 is 15.9 Å². The van der Waals surface area contributed by atoms with Crippen LogP contribution in [0, 0.1) is 17.7 Å². The lowest BCUT2D eigenvalue weighted by Crippen LogP contribution is -2.29. The lowest BCUT2D eigenvalue weighted by atomic mass is 9.89. The molecule has 0 amide bonds. The molecule has 17 heavy (non-hydrogen) atoms. The molecular formula is C14H19BrFN.